The molecule has 1 fully saturated rings. The molecule has 2 aromatic rings. The van der Waals surface area contributed by atoms with Gasteiger partial charge in [-0.1, -0.05) is 49.4 Å². The first kappa shape index (κ1) is 26.1. The third-order valence-corrected chi connectivity index (χ3v) is 5.76. The van der Waals surface area contributed by atoms with Crippen LogP contribution in [-0.4, -0.2) is 56.9 Å². The van der Waals surface area contributed by atoms with E-state index in [1.165, 1.54) is 24.8 Å². The molecule has 4 N–H and O–H groups in total. The molecule has 1 aliphatic rings. The Balaban J connectivity index is 0.000000414. The van der Waals surface area contributed by atoms with Gasteiger partial charge in [0.2, 0.25) is 0 Å². The van der Waals surface area contributed by atoms with Gasteiger partial charge in [-0.25, -0.2) is 9.59 Å². The Bertz CT molecular complexity index is 873. The average Bonchev–Trinajstić information content (AvgIpc) is 2.80. The molecule has 1 saturated heterocycles. The smallest absolute Gasteiger partial charge is 0.328 e. The van der Waals surface area contributed by atoms with E-state index in [4.69, 9.17) is 10.2 Å². The van der Waals surface area contributed by atoms with E-state index in [0.29, 0.717) is 12.2 Å². The number of likely N-dealkylation sites (tertiary alicyclic amines) is 1. The zero-order valence-corrected chi connectivity index (χ0v) is 18.9. The molecular weight excluding hydrogens is 422 g/mol. The van der Waals surface area contributed by atoms with Crippen LogP contribution in [0.4, 0.5) is 0 Å². The van der Waals surface area contributed by atoms with Crippen molar-refractivity contribution in [3.63, 3.8) is 0 Å². The molecule has 2 aromatic carbocycles. The molecule has 0 aromatic heterocycles. The molecule has 178 valence electrons. The van der Waals surface area contributed by atoms with Gasteiger partial charge < -0.3 is 25.3 Å². The molecule has 0 amide bonds. The molecule has 0 radical (unpaired) electrons. The molecule has 3 rings (SSSR count). The number of carboxylic acid groups (broad SMARTS) is 2. The summed E-state index contributed by atoms with van der Waals surface area (Å²) >= 11 is 0. The van der Waals surface area contributed by atoms with Gasteiger partial charge in [-0.05, 0) is 67.4 Å². The fourth-order valence-electron chi connectivity index (χ4n) is 3.97. The first-order chi connectivity index (χ1) is 15.7. The quantitative estimate of drug-likeness (QED) is 0.448. The first-order valence-corrected chi connectivity index (χ1v) is 11.1. The van der Waals surface area contributed by atoms with Gasteiger partial charge in [0.1, 0.15) is 5.75 Å². The number of carbonyl (C=O) groups is 2. The predicted octanol–water partition coefficient (Wildman–Crippen LogP) is 3.73. The molecule has 1 heterocycles. The number of carboxylic acids is 2. The molecule has 0 bridgehead atoms. The lowest BCUT2D eigenvalue weighted by Gasteiger charge is -2.34. The Hall–Kier alpha value is -3.16. The molecule has 33 heavy (non-hydrogen) atoms. The van der Waals surface area contributed by atoms with Gasteiger partial charge in [0, 0.05) is 18.7 Å². The van der Waals surface area contributed by atoms with Gasteiger partial charge in [0.25, 0.3) is 0 Å². The first-order valence-electron chi connectivity index (χ1n) is 11.1. The lowest BCUT2D eigenvalue weighted by molar-refractivity contribution is -0.134. The van der Waals surface area contributed by atoms with E-state index >= 15 is 0 Å². The molecular formula is C26H33NO6. The summed E-state index contributed by atoms with van der Waals surface area (Å²) in [7, 11) is 0. The Kier molecular flexibility index (Phi) is 10.6. The second kappa shape index (κ2) is 13.4. The van der Waals surface area contributed by atoms with Crippen LogP contribution in [0.5, 0.6) is 5.75 Å². The zero-order valence-electron chi connectivity index (χ0n) is 18.9. The number of benzene rings is 2. The maximum atomic E-state index is 10.5. The summed E-state index contributed by atoms with van der Waals surface area (Å²) in [6, 6.07) is 17.7. The summed E-state index contributed by atoms with van der Waals surface area (Å²) in [5, 5.41) is 35.6. The molecule has 7 heteroatoms. The number of aliphatic carboxylic acids is 2. The highest BCUT2D eigenvalue weighted by molar-refractivity contribution is 5.89. The van der Waals surface area contributed by atoms with Gasteiger partial charge in [0.05, 0.1) is 6.10 Å². The summed E-state index contributed by atoms with van der Waals surface area (Å²) in [6.07, 6.45) is 4.28. The summed E-state index contributed by atoms with van der Waals surface area (Å²) in [4.78, 5) is 21.6. The maximum Gasteiger partial charge on any atom is 0.328 e. The Labute approximate surface area is 194 Å². The SMILES string of the molecule is CC(CN1CCC(Cc2ccccc2)CC1)C(O)c1ccc(O)cc1.O=C(O)/C=C\C(=O)O. The van der Waals surface area contributed by atoms with Crippen molar-refractivity contribution in [3.05, 3.63) is 77.9 Å². The number of aromatic hydroxyl groups is 1. The van der Waals surface area contributed by atoms with E-state index < -0.39 is 18.0 Å². The van der Waals surface area contributed by atoms with Crippen LogP contribution < -0.4 is 0 Å². The number of hydrogen-bond donors (Lipinski definition) is 4. The summed E-state index contributed by atoms with van der Waals surface area (Å²) in [5.41, 5.74) is 2.32. The fourth-order valence-corrected chi connectivity index (χ4v) is 3.97. The summed E-state index contributed by atoms with van der Waals surface area (Å²) in [5.74, 6) is -1.32. The lowest BCUT2D eigenvalue weighted by Crippen LogP contribution is -2.38. The van der Waals surface area contributed by atoms with Crippen molar-refractivity contribution in [1.82, 2.24) is 4.90 Å². The minimum absolute atomic E-state index is 0.176. The van der Waals surface area contributed by atoms with Crippen molar-refractivity contribution in [2.45, 2.75) is 32.3 Å². The zero-order chi connectivity index (χ0) is 24.2. The number of aliphatic hydroxyl groups is 1. The fraction of sp³-hybridized carbons (Fsp3) is 0.385. The van der Waals surface area contributed by atoms with Crippen molar-refractivity contribution in [3.8, 4) is 5.75 Å². The number of phenols is 1. The van der Waals surface area contributed by atoms with E-state index in [9.17, 15) is 19.8 Å². The monoisotopic (exact) mass is 455 g/mol. The minimum Gasteiger partial charge on any atom is -0.508 e. The van der Waals surface area contributed by atoms with Crippen LogP contribution in [0, 0.1) is 11.8 Å². The van der Waals surface area contributed by atoms with Gasteiger partial charge in [0.15, 0.2) is 0 Å². The Morgan fingerprint density at radius 3 is 2.03 bits per heavy atom. The van der Waals surface area contributed by atoms with E-state index in [1.54, 1.807) is 12.1 Å². The molecule has 0 saturated carbocycles. The van der Waals surface area contributed by atoms with Crippen LogP contribution in [0.25, 0.3) is 0 Å². The van der Waals surface area contributed by atoms with Crippen LogP contribution in [0.1, 0.15) is 37.0 Å². The highest BCUT2D eigenvalue weighted by Gasteiger charge is 2.24. The highest BCUT2D eigenvalue weighted by atomic mass is 16.4. The maximum absolute atomic E-state index is 10.5. The van der Waals surface area contributed by atoms with Crippen LogP contribution in [0.2, 0.25) is 0 Å². The molecule has 0 aliphatic carbocycles. The van der Waals surface area contributed by atoms with Crippen molar-refractivity contribution in [2.24, 2.45) is 11.8 Å². The molecule has 0 spiro atoms. The normalized spacial score (nSPS) is 16.5. The van der Waals surface area contributed by atoms with Crippen LogP contribution in [0.15, 0.2) is 66.7 Å². The van der Waals surface area contributed by atoms with Crippen molar-refractivity contribution < 1.29 is 30.0 Å². The minimum atomic E-state index is -1.26. The Morgan fingerprint density at radius 2 is 1.52 bits per heavy atom. The molecule has 2 atom stereocenters. The topological polar surface area (TPSA) is 118 Å². The molecule has 2 unspecified atom stereocenters. The molecule has 1 aliphatic heterocycles. The van der Waals surface area contributed by atoms with Crippen molar-refractivity contribution in [1.29, 1.82) is 0 Å². The van der Waals surface area contributed by atoms with Gasteiger partial charge >= 0.3 is 11.9 Å². The van der Waals surface area contributed by atoms with Gasteiger partial charge in [-0.15, -0.1) is 0 Å². The van der Waals surface area contributed by atoms with Crippen molar-refractivity contribution in [2.75, 3.05) is 19.6 Å². The van der Waals surface area contributed by atoms with E-state index in [2.05, 4.69) is 42.2 Å². The third-order valence-electron chi connectivity index (χ3n) is 5.76. The molecule has 7 nitrogen and oxygen atoms in total. The number of nitrogens with zero attached hydrogens (tertiary/aromatic N) is 1. The highest BCUT2D eigenvalue weighted by Crippen LogP contribution is 2.27. The van der Waals surface area contributed by atoms with Crippen LogP contribution >= 0.6 is 0 Å². The number of piperidine rings is 1. The van der Waals surface area contributed by atoms with Crippen LogP contribution in [0.3, 0.4) is 0 Å². The largest absolute Gasteiger partial charge is 0.508 e. The number of phenolic OH excluding ortho intramolecular Hbond substituents is 1. The number of hydrogen-bond acceptors (Lipinski definition) is 5. The van der Waals surface area contributed by atoms with E-state index in [0.717, 1.165) is 31.1 Å². The average molecular weight is 456 g/mol. The summed E-state index contributed by atoms with van der Waals surface area (Å²) in [6.45, 7) is 5.25. The van der Waals surface area contributed by atoms with Gasteiger partial charge in [-0.2, -0.15) is 0 Å². The predicted molar refractivity (Wildman–Crippen MR) is 126 cm³/mol. The standard InChI is InChI=1S/C22H29NO2.C4H4O4/c1-17(22(25)20-7-9-21(24)10-8-20)16-23-13-11-19(12-14-23)15-18-5-3-2-4-6-18;5-3(6)1-2-4(7)8/h2-10,17,19,22,24-25H,11-16H2,1H3;1-2H,(H,5,6)(H,7,8)/b;2-1-. The third kappa shape index (κ3) is 9.89. The van der Waals surface area contributed by atoms with Crippen molar-refractivity contribution >= 4 is 11.9 Å². The number of rotatable bonds is 8. The van der Waals surface area contributed by atoms with E-state index in [1.807, 2.05) is 12.1 Å². The lowest BCUT2D eigenvalue weighted by atomic mass is 9.89. The summed E-state index contributed by atoms with van der Waals surface area (Å²) < 4.78 is 0. The van der Waals surface area contributed by atoms with Gasteiger partial charge in [-0.3, -0.25) is 0 Å². The second-order valence-corrected chi connectivity index (χ2v) is 8.46. The number of aliphatic hydroxyl groups excluding tert-OH is 1. The van der Waals surface area contributed by atoms with E-state index in [-0.39, 0.29) is 11.7 Å². The Morgan fingerprint density at radius 1 is 0.970 bits per heavy atom. The second-order valence-electron chi connectivity index (χ2n) is 8.46. The van der Waals surface area contributed by atoms with Crippen LogP contribution in [-0.2, 0) is 16.0 Å².